The molecule has 31 heavy (non-hydrogen) atoms. The first-order valence-corrected chi connectivity index (χ1v) is 12.2. The molecule has 0 amide bonds. The Morgan fingerprint density at radius 2 is 1.74 bits per heavy atom. The third-order valence-electron chi connectivity index (χ3n) is 5.61. The van der Waals surface area contributed by atoms with E-state index in [1.165, 1.54) is 10.4 Å². The third-order valence-corrected chi connectivity index (χ3v) is 7.74. The van der Waals surface area contributed by atoms with Gasteiger partial charge in [-0.1, -0.05) is 19.1 Å². The molecular weight excluding hydrogens is 435 g/mol. The lowest BCUT2D eigenvalue weighted by molar-refractivity contribution is 0.222. The van der Waals surface area contributed by atoms with E-state index < -0.39 is 10.0 Å². The highest BCUT2D eigenvalue weighted by atomic mass is 32.2. The zero-order chi connectivity index (χ0) is 22.8. The summed E-state index contributed by atoms with van der Waals surface area (Å²) in [6.07, 6.45) is 0.807. The van der Waals surface area contributed by atoms with E-state index in [0.717, 1.165) is 12.0 Å². The molecule has 3 rings (SSSR count). The van der Waals surface area contributed by atoms with Crippen LogP contribution in [-0.2, 0) is 10.0 Å². The van der Waals surface area contributed by atoms with Crippen molar-refractivity contribution in [3.8, 4) is 11.1 Å². The monoisotopic (exact) mass is 464 g/mol. The molecule has 1 aliphatic heterocycles. The number of piperazine rings is 1. The molecule has 0 bridgehead atoms. The van der Waals surface area contributed by atoms with Gasteiger partial charge in [-0.15, -0.1) is 0 Å². The van der Waals surface area contributed by atoms with Gasteiger partial charge in [-0.3, -0.25) is 0 Å². The van der Waals surface area contributed by atoms with E-state index in [4.69, 9.17) is 18.0 Å². The Morgan fingerprint density at radius 3 is 2.29 bits per heavy atom. The molecule has 2 aromatic rings. The molecular formula is C22H29FN4O2S2. The van der Waals surface area contributed by atoms with E-state index in [1.807, 2.05) is 20.0 Å². The Hall–Kier alpha value is -2.07. The number of thiocarbonyl (C=S) groups is 1. The quantitative estimate of drug-likeness (QED) is 0.662. The smallest absolute Gasteiger partial charge is 0.243 e. The molecule has 0 aromatic heterocycles. The summed E-state index contributed by atoms with van der Waals surface area (Å²) < 4.78 is 42.1. The maximum absolute atomic E-state index is 14.7. The van der Waals surface area contributed by atoms with Crippen molar-refractivity contribution in [2.75, 3.05) is 44.7 Å². The molecule has 1 saturated heterocycles. The second-order valence-electron chi connectivity index (χ2n) is 7.82. The van der Waals surface area contributed by atoms with E-state index in [1.54, 1.807) is 36.1 Å². The van der Waals surface area contributed by atoms with Gasteiger partial charge in [-0.05, 0) is 68.0 Å². The summed E-state index contributed by atoms with van der Waals surface area (Å²) in [6.45, 7) is 6.64. The molecule has 6 nitrogen and oxygen atoms in total. The summed E-state index contributed by atoms with van der Waals surface area (Å²) in [6, 6.07) is 9.88. The average molecular weight is 465 g/mol. The first-order chi connectivity index (χ1) is 14.6. The summed E-state index contributed by atoms with van der Waals surface area (Å²) in [7, 11) is -1.57. The lowest BCUT2D eigenvalue weighted by Gasteiger charge is -2.31. The van der Waals surface area contributed by atoms with Gasteiger partial charge >= 0.3 is 0 Å². The molecule has 1 fully saturated rings. The van der Waals surface area contributed by atoms with Crippen molar-refractivity contribution >= 4 is 33.0 Å². The van der Waals surface area contributed by atoms with Gasteiger partial charge in [0.2, 0.25) is 10.0 Å². The van der Waals surface area contributed by atoms with E-state index in [0.29, 0.717) is 49.5 Å². The number of rotatable bonds is 6. The predicted octanol–water partition coefficient (Wildman–Crippen LogP) is 3.20. The fourth-order valence-corrected chi connectivity index (χ4v) is 5.29. The van der Waals surface area contributed by atoms with Crippen LogP contribution >= 0.6 is 12.2 Å². The third kappa shape index (κ3) is 5.06. The molecule has 0 saturated carbocycles. The highest BCUT2D eigenvalue weighted by Gasteiger charge is 2.27. The molecule has 0 aliphatic carbocycles. The summed E-state index contributed by atoms with van der Waals surface area (Å²) >= 11 is 5.16. The number of hydrogen-bond donors (Lipinski definition) is 1. The van der Waals surface area contributed by atoms with Crippen molar-refractivity contribution in [2.24, 2.45) is 5.73 Å². The molecule has 2 aromatic carbocycles. The number of anilines is 1. The number of sulfonamides is 1. The van der Waals surface area contributed by atoms with Gasteiger partial charge in [0.1, 0.15) is 5.82 Å². The minimum Gasteiger partial charge on any atom is -0.376 e. The van der Waals surface area contributed by atoms with Gasteiger partial charge in [0.05, 0.1) is 4.90 Å². The normalized spacial score (nSPS) is 15.7. The van der Waals surface area contributed by atoms with Crippen LogP contribution in [0.3, 0.4) is 0 Å². The zero-order valence-electron chi connectivity index (χ0n) is 18.1. The maximum Gasteiger partial charge on any atom is 0.243 e. The van der Waals surface area contributed by atoms with Crippen LogP contribution < -0.4 is 10.6 Å². The van der Waals surface area contributed by atoms with E-state index in [9.17, 15) is 12.8 Å². The summed E-state index contributed by atoms with van der Waals surface area (Å²) in [4.78, 5) is 4.07. The Bertz CT molecular complexity index is 1050. The topological polar surface area (TPSA) is 69.9 Å². The minimum atomic E-state index is -3.55. The molecule has 1 aliphatic rings. The molecule has 2 N–H and O–H groups in total. The molecule has 0 atom stereocenters. The lowest BCUT2D eigenvalue weighted by Crippen LogP contribution is -2.46. The van der Waals surface area contributed by atoms with Crippen LogP contribution in [0.1, 0.15) is 18.9 Å². The zero-order valence-corrected chi connectivity index (χ0v) is 19.8. The van der Waals surface area contributed by atoms with Crippen LogP contribution in [0, 0.1) is 12.7 Å². The fourth-order valence-electron chi connectivity index (χ4n) is 3.68. The Labute approximate surface area is 189 Å². The first kappa shape index (κ1) is 23.6. The fraction of sp³-hybridized carbons (Fsp3) is 0.409. The van der Waals surface area contributed by atoms with Crippen LogP contribution in [0.25, 0.3) is 11.1 Å². The predicted molar refractivity (Wildman–Crippen MR) is 127 cm³/mol. The molecule has 0 spiro atoms. The van der Waals surface area contributed by atoms with Gasteiger partial charge in [0, 0.05) is 44.0 Å². The number of likely N-dealkylation sites (N-methyl/N-ethyl adjacent to an activating group) is 1. The lowest BCUT2D eigenvalue weighted by atomic mass is 10.0. The van der Waals surface area contributed by atoms with E-state index >= 15 is 0 Å². The largest absolute Gasteiger partial charge is 0.376 e. The highest BCUT2D eigenvalue weighted by Crippen LogP contribution is 2.31. The van der Waals surface area contributed by atoms with Crippen LogP contribution in [-0.4, -0.2) is 62.5 Å². The van der Waals surface area contributed by atoms with Crippen LogP contribution in [0.2, 0.25) is 0 Å². The summed E-state index contributed by atoms with van der Waals surface area (Å²) in [5.74, 6) is -0.362. The van der Waals surface area contributed by atoms with E-state index in [2.05, 4.69) is 4.90 Å². The second-order valence-corrected chi connectivity index (χ2v) is 10.2. The SMILES string of the molecule is CCCN(C(N)=S)c1cc(-c2ccc(S(=O)(=O)N3CCN(C)CC3)cc2)cc(F)c1C. The van der Waals surface area contributed by atoms with Gasteiger partial charge in [0.15, 0.2) is 5.11 Å². The van der Waals surface area contributed by atoms with Gasteiger partial charge in [0.25, 0.3) is 0 Å². The Kier molecular flexibility index (Phi) is 7.31. The van der Waals surface area contributed by atoms with Gasteiger partial charge < -0.3 is 15.5 Å². The van der Waals surface area contributed by atoms with Gasteiger partial charge in [-0.25, -0.2) is 12.8 Å². The second kappa shape index (κ2) is 9.60. The Balaban J connectivity index is 1.93. The molecule has 9 heteroatoms. The number of hydrogen-bond acceptors (Lipinski definition) is 4. The average Bonchev–Trinajstić information content (AvgIpc) is 2.74. The molecule has 168 valence electrons. The van der Waals surface area contributed by atoms with E-state index in [-0.39, 0.29) is 15.8 Å². The number of nitrogens with two attached hydrogens (primary N) is 1. The van der Waals surface area contributed by atoms with Crippen molar-refractivity contribution in [3.05, 3.63) is 47.8 Å². The minimum absolute atomic E-state index is 0.190. The maximum atomic E-state index is 14.7. The number of nitrogens with zero attached hydrogens (tertiary/aromatic N) is 3. The van der Waals surface area contributed by atoms with Crippen molar-refractivity contribution in [1.29, 1.82) is 0 Å². The van der Waals surface area contributed by atoms with Crippen LogP contribution in [0.15, 0.2) is 41.3 Å². The number of benzene rings is 2. The molecule has 1 heterocycles. The standard InChI is InChI=1S/C22H29FN4O2S2/c1-4-9-27(22(24)30)21-15-18(14-20(23)16(21)2)17-5-7-19(8-6-17)31(28,29)26-12-10-25(3)11-13-26/h5-8,14-15H,4,9-13H2,1-3H3,(H2,24,30). The molecule has 0 unspecified atom stereocenters. The van der Waals surface area contributed by atoms with Crippen molar-refractivity contribution in [3.63, 3.8) is 0 Å². The number of halogens is 1. The van der Waals surface area contributed by atoms with Crippen molar-refractivity contribution in [2.45, 2.75) is 25.2 Å². The van der Waals surface area contributed by atoms with Crippen LogP contribution in [0.4, 0.5) is 10.1 Å². The van der Waals surface area contributed by atoms with Crippen LogP contribution in [0.5, 0.6) is 0 Å². The molecule has 0 radical (unpaired) electrons. The summed E-state index contributed by atoms with van der Waals surface area (Å²) in [5.41, 5.74) is 8.32. The highest BCUT2D eigenvalue weighted by molar-refractivity contribution is 7.89. The van der Waals surface area contributed by atoms with Crippen molar-refractivity contribution in [1.82, 2.24) is 9.21 Å². The Morgan fingerprint density at radius 1 is 1.13 bits per heavy atom. The summed E-state index contributed by atoms with van der Waals surface area (Å²) in [5, 5.41) is 0.190. The van der Waals surface area contributed by atoms with Crippen molar-refractivity contribution < 1.29 is 12.8 Å². The first-order valence-electron chi connectivity index (χ1n) is 10.3. The van der Waals surface area contributed by atoms with Gasteiger partial charge in [-0.2, -0.15) is 4.31 Å².